The third-order valence-corrected chi connectivity index (χ3v) is 3.57. The van der Waals surface area contributed by atoms with Gasteiger partial charge in [0.05, 0.1) is 11.4 Å². The van der Waals surface area contributed by atoms with Crippen molar-refractivity contribution in [2.75, 3.05) is 5.32 Å². The lowest BCUT2D eigenvalue weighted by atomic mass is 10.2. The standard InChI is InChI=1S/C13H15ClN4/c1-9(10-2-3-10)17-12-6-11(14)4-5-13(12)18-8-15-7-16-18/h4-10,17H,2-3H2,1H3. The van der Waals surface area contributed by atoms with Gasteiger partial charge in [-0.15, -0.1) is 0 Å². The van der Waals surface area contributed by atoms with Gasteiger partial charge < -0.3 is 5.32 Å². The summed E-state index contributed by atoms with van der Waals surface area (Å²) in [4.78, 5) is 3.98. The van der Waals surface area contributed by atoms with Crippen molar-refractivity contribution in [3.63, 3.8) is 0 Å². The Morgan fingerprint density at radius 3 is 2.94 bits per heavy atom. The van der Waals surface area contributed by atoms with E-state index >= 15 is 0 Å². The van der Waals surface area contributed by atoms with Crippen molar-refractivity contribution in [1.29, 1.82) is 0 Å². The Kier molecular flexibility index (Phi) is 2.96. The zero-order chi connectivity index (χ0) is 12.5. The highest BCUT2D eigenvalue weighted by Gasteiger charge is 2.28. The molecule has 94 valence electrons. The van der Waals surface area contributed by atoms with E-state index in [0.29, 0.717) is 6.04 Å². The first-order chi connectivity index (χ1) is 8.74. The Morgan fingerprint density at radius 2 is 2.28 bits per heavy atom. The number of rotatable bonds is 4. The van der Waals surface area contributed by atoms with Crippen LogP contribution in [0.2, 0.25) is 5.02 Å². The molecule has 0 bridgehead atoms. The van der Waals surface area contributed by atoms with Crippen LogP contribution in [0.5, 0.6) is 0 Å². The smallest absolute Gasteiger partial charge is 0.138 e. The number of halogens is 1. The van der Waals surface area contributed by atoms with E-state index in [1.165, 1.54) is 19.2 Å². The van der Waals surface area contributed by atoms with Crippen LogP contribution in [-0.2, 0) is 0 Å². The third kappa shape index (κ3) is 2.34. The predicted molar refractivity (Wildman–Crippen MR) is 72.2 cm³/mol. The monoisotopic (exact) mass is 262 g/mol. The maximum atomic E-state index is 6.07. The van der Waals surface area contributed by atoms with E-state index in [4.69, 9.17) is 11.6 Å². The lowest BCUT2D eigenvalue weighted by Crippen LogP contribution is -2.18. The van der Waals surface area contributed by atoms with Crippen molar-refractivity contribution in [3.05, 3.63) is 35.9 Å². The topological polar surface area (TPSA) is 42.7 Å². The number of hydrogen-bond acceptors (Lipinski definition) is 3. The highest BCUT2D eigenvalue weighted by molar-refractivity contribution is 6.31. The number of aromatic nitrogens is 3. The first-order valence-electron chi connectivity index (χ1n) is 6.15. The summed E-state index contributed by atoms with van der Waals surface area (Å²) >= 11 is 6.07. The normalized spacial score (nSPS) is 16.6. The second-order valence-electron chi connectivity index (χ2n) is 4.77. The van der Waals surface area contributed by atoms with Crippen molar-refractivity contribution in [3.8, 4) is 5.69 Å². The largest absolute Gasteiger partial charge is 0.381 e. The van der Waals surface area contributed by atoms with Crippen molar-refractivity contribution in [2.24, 2.45) is 5.92 Å². The molecule has 1 atom stereocenters. The minimum Gasteiger partial charge on any atom is -0.381 e. The van der Waals surface area contributed by atoms with Gasteiger partial charge in [-0.25, -0.2) is 9.67 Å². The van der Waals surface area contributed by atoms with Gasteiger partial charge in [-0.3, -0.25) is 0 Å². The first-order valence-corrected chi connectivity index (χ1v) is 6.53. The van der Waals surface area contributed by atoms with E-state index < -0.39 is 0 Å². The van der Waals surface area contributed by atoms with Crippen LogP contribution in [0, 0.1) is 5.92 Å². The van der Waals surface area contributed by atoms with E-state index in [1.807, 2.05) is 18.2 Å². The van der Waals surface area contributed by atoms with Crippen molar-refractivity contribution < 1.29 is 0 Å². The average molecular weight is 263 g/mol. The number of nitrogens with zero attached hydrogens (tertiary/aromatic N) is 3. The van der Waals surface area contributed by atoms with Crippen LogP contribution in [0.1, 0.15) is 19.8 Å². The Morgan fingerprint density at radius 1 is 1.44 bits per heavy atom. The molecule has 0 aliphatic heterocycles. The molecule has 1 aliphatic carbocycles. The number of benzene rings is 1. The van der Waals surface area contributed by atoms with Crippen LogP contribution in [0.4, 0.5) is 5.69 Å². The van der Waals surface area contributed by atoms with Gasteiger partial charge in [-0.05, 0) is 43.9 Å². The highest BCUT2D eigenvalue weighted by atomic mass is 35.5. The van der Waals surface area contributed by atoms with Crippen molar-refractivity contribution >= 4 is 17.3 Å². The van der Waals surface area contributed by atoms with Crippen LogP contribution in [0.3, 0.4) is 0 Å². The molecular weight excluding hydrogens is 248 g/mol. The summed E-state index contributed by atoms with van der Waals surface area (Å²) in [6.45, 7) is 2.21. The van der Waals surface area contributed by atoms with E-state index in [2.05, 4.69) is 22.3 Å². The molecule has 1 fully saturated rings. The lowest BCUT2D eigenvalue weighted by Gasteiger charge is -2.17. The Bertz CT molecular complexity index is 534. The molecule has 1 aromatic carbocycles. The highest BCUT2D eigenvalue weighted by Crippen LogP contribution is 2.35. The third-order valence-electron chi connectivity index (χ3n) is 3.34. The molecule has 1 heterocycles. The Labute approximate surface area is 111 Å². The molecule has 2 aromatic rings. The molecule has 4 nitrogen and oxygen atoms in total. The zero-order valence-electron chi connectivity index (χ0n) is 10.2. The molecule has 1 N–H and O–H groups in total. The van der Waals surface area contributed by atoms with Gasteiger partial charge in [-0.1, -0.05) is 11.6 Å². The van der Waals surface area contributed by atoms with Gasteiger partial charge in [-0.2, -0.15) is 5.10 Å². The van der Waals surface area contributed by atoms with E-state index in [0.717, 1.165) is 22.3 Å². The fourth-order valence-electron chi connectivity index (χ4n) is 2.12. The van der Waals surface area contributed by atoms with E-state index in [9.17, 15) is 0 Å². The molecule has 1 aromatic heterocycles. The molecule has 1 aliphatic rings. The van der Waals surface area contributed by atoms with E-state index in [-0.39, 0.29) is 0 Å². The molecule has 5 heteroatoms. The van der Waals surface area contributed by atoms with Crippen LogP contribution < -0.4 is 5.32 Å². The molecule has 0 saturated heterocycles. The molecule has 0 spiro atoms. The Balaban J connectivity index is 1.92. The number of hydrogen-bond donors (Lipinski definition) is 1. The van der Waals surface area contributed by atoms with Crippen molar-refractivity contribution in [1.82, 2.24) is 14.8 Å². The maximum Gasteiger partial charge on any atom is 0.138 e. The van der Waals surface area contributed by atoms with Crippen LogP contribution >= 0.6 is 11.6 Å². The lowest BCUT2D eigenvalue weighted by molar-refractivity contribution is 0.692. The summed E-state index contributed by atoms with van der Waals surface area (Å²) in [5.41, 5.74) is 1.98. The summed E-state index contributed by atoms with van der Waals surface area (Å²) in [7, 11) is 0. The molecule has 3 rings (SSSR count). The minimum absolute atomic E-state index is 0.464. The second kappa shape index (κ2) is 4.61. The summed E-state index contributed by atoms with van der Waals surface area (Å²) in [5.74, 6) is 0.785. The van der Waals surface area contributed by atoms with E-state index in [1.54, 1.807) is 11.0 Å². The number of anilines is 1. The van der Waals surface area contributed by atoms with Gasteiger partial charge in [0.1, 0.15) is 12.7 Å². The molecule has 0 radical (unpaired) electrons. The van der Waals surface area contributed by atoms with Gasteiger partial charge >= 0.3 is 0 Å². The van der Waals surface area contributed by atoms with Gasteiger partial charge in [0.25, 0.3) is 0 Å². The second-order valence-corrected chi connectivity index (χ2v) is 5.21. The summed E-state index contributed by atoms with van der Waals surface area (Å²) < 4.78 is 1.75. The molecule has 18 heavy (non-hydrogen) atoms. The van der Waals surface area contributed by atoms with Crippen LogP contribution in [-0.4, -0.2) is 20.8 Å². The van der Waals surface area contributed by atoms with Crippen molar-refractivity contribution in [2.45, 2.75) is 25.8 Å². The zero-order valence-corrected chi connectivity index (χ0v) is 10.9. The quantitative estimate of drug-likeness (QED) is 0.921. The van der Waals surface area contributed by atoms with Gasteiger partial charge in [0.2, 0.25) is 0 Å². The molecular formula is C13H15ClN4. The Hall–Kier alpha value is -1.55. The molecule has 0 amide bonds. The number of nitrogens with one attached hydrogen (secondary N) is 1. The summed E-state index contributed by atoms with van der Waals surface area (Å²) in [6, 6.07) is 6.23. The SMILES string of the molecule is CC(Nc1cc(Cl)ccc1-n1cncn1)C1CC1. The summed E-state index contributed by atoms with van der Waals surface area (Å²) in [5, 5.41) is 8.42. The predicted octanol–water partition coefficient (Wildman–Crippen LogP) is 3.13. The van der Waals surface area contributed by atoms with Gasteiger partial charge in [0, 0.05) is 11.1 Å². The summed E-state index contributed by atoms with van der Waals surface area (Å²) in [6.07, 6.45) is 5.85. The fraction of sp³-hybridized carbons (Fsp3) is 0.385. The molecule has 1 unspecified atom stereocenters. The maximum absolute atomic E-state index is 6.07. The first kappa shape index (κ1) is 11.5. The van der Waals surface area contributed by atoms with Crippen LogP contribution in [0.15, 0.2) is 30.9 Å². The van der Waals surface area contributed by atoms with Gasteiger partial charge in [0.15, 0.2) is 0 Å². The fourth-order valence-corrected chi connectivity index (χ4v) is 2.29. The molecule has 1 saturated carbocycles. The average Bonchev–Trinajstić information content (AvgIpc) is 3.07. The van der Waals surface area contributed by atoms with Crippen LogP contribution in [0.25, 0.3) is 5.69 Å². The minimum atomic E-state index is 0.464.